The van der Waals surface area contributed by atoms with Gasteiger partial charge >= 0.3 is 0 Å². The third kappa shape index (κ3) is 4.54. The van der Waals surface area contributed by atoms with E-state index in [-0.39, 0.29) is 11.5 Å². The number of ketones is 1. The first-order valence-corrected chi connectivity index (χ1v) is 10.3. The molecular weight excluding hydrogens is 396 g/mol. The molecule has 0 aliphatic carbocycles. The molecule has 4 nitrogen and oxygen atoms in total. The maximum atomic E-state index is 12.6. The fourth-order valence-corrected chi connectivity index (χ4v) is 3.88. The van der Waals surface area contributed by atoms with Crippen LogP contribution in [0.3, 0.4) is 0 Å². The van der Waals surface area contributed by atoms with Crippen molar-refractivity contribution in [1.29, 1.82) is 0 Å². The van der Waals surface area contributed by atoms with Crippen molar-refractivity contribution in [3.63, 3.8) is 0 Å². The van der Waals surface area contributed by atoms with E-state index < -0.39 is 11.2 Å². The van der Waals surface area contributed by atoms with E-state index in [0.717, 1.165) is 0 Å². The van der Waals surface area contributed by atoms with Crippen LogP contribution in [0, 0.1) is 6.07 Å². The molecule has 146 valence electrons. The van der Waals surface area contributed by atoms with Gasteiger partial charge in [0.05, 0.1) is 0 Å². The smallest absolute Gasteiger partial charge is 0.193 e. The molecule has 4 rings (SSSR count). The maximum Gasteiger partial charge on any atom is 0.193 e. The normalized spacial score (nSPS) is 11.6. The fraction of sp³-hybridized carbons (Fsp3) is 0. The molecule has 0 amide bonds. The van der Waals surface area contributed by atoms with Crippen LogP contribution in [0.4, 0.5) is 0 Å². The van der Waals surface area contributed by atoms with E-state index in [4.69, 9.17) is 4.74 Å². The molecule has 30 heavy (non-hydrogen) atoms. The molecule has 4 aromatic rings. The summed E-state index contributed by atoms with van der Waals surface area (Å²) in [6.07, 6.45) is 0. The van der Waals surface area contributed by atoms with Crippen LogP contribution in [-0.2, 0) is 16.3 Å². The van der Waals surface area contributed by atoms with Crippen LogP contribution in [0.25, 0.3) is 0 Å². The lowest BCUT2D eigenvalue weighted by molar-refractivity contribution is 0.103. The summed E-state index contributed by atoms with van der Waals surface area (Å²) in [7, 11) is 0. The van der Waals surface area contributed by atoms with Crippen molar-refractivity contribution in [2.45, 2.75) is 9.79 Å². The number of carbonyl (C=O) groups is 1. The van der Waals surface area contributed by atoms with Crippen LogP contribution < -0.4 is 4.74 Å². The molecule has 0 aliphatic heterocycles. The van der Waals surface area contributed by atoms with E-state index in [0.29, 0.717) is 32.4 Å². The molecule has 0 aliphatic rings. The molecule has 0 bridgehead atoms. The molecule has 5 heteroatoms. The van der Waals surface area contributed by atoms with E-state index in [1.807, 2.05) is 0 Å². The Labute approximate surface area is 177 Å². The van der Waals surface area contributed by atoms with Crippen molar-refractivity contribution < 1.29 is 19.2 Å². The standard InChI is InChI=1S/C25H16O4S/c26-20-8-14-23(15-9-20)30(28)24-16-12-22(13-17-24)29-21-10-6-19(7-11-21)25(27)18-4-2-1-3-5-18/h2-17H. The molecule has 1 unspecified atom stereocenters. The summed E-state index contributed by atoms with van der Waals surface area (Å²) in [5.41, 5.74) is 1.18. The average Bonchev–Trinajstić information content (AvgIpc) is 2.80. The van der Waals surface area contributed by atoms with Crippen LogP contribution in [0.15, 0.2) is 107 Å². The van der Waals surface area contributed by atoms with Crippen LogP contribution in [0.2, 0.25) is 0 Å². The second kappa shape index (κ2) is 8.86. The summed E-state index contributed by atoms with van der Waals surface area (Å²) in [5, 5.41) is 11.2. The lowest BCUT2D eigenvalue weighted by Gasteiger charge is -2.11. The fourth-order valence-electron chi connectivity index (χ4n) is 2.85. The molecule has 0 saturated heterocycles. The van der Waals surface area contributed by atoms with E-state index >= 15 is 0 Å². The molecule has 0 N–H and O–H groups in total. The Kier molecular flexibility index (Phi) is 5.84. The van der Waals surface area contributed by atoms with Gasteiger partial charge in [-0.2, -0.15) is 0 Å². The van der Waals surface area contributed by atoms with Gasteiger partial charge in [-0.3, -0.25) is 9.90 Å². The second-order valence-electron chi connectivity index (χ2n) is 6.46. The number of benzene rings is 4. The zero-order valence-electron chi connectivity index (χ0n) is 15.8. The first-order chi connectivity index (χ1) is 14.6. The van der Waals surface area contributed by atoms with Crippen LogP contribution in [-0.4, -0.2) is 10.3 Å². The van der Waals surface area contributed by atoms with Crippen LogP contribution in [0.5, 0.6) is 17.2 Å². The van der Waals surface area contributed by atoms with Gasteiger partial charge in [-0.1, -0.05) is 24.3 Å². The number of hydrogen-bond acceptors (Lipinski definition) is 3. The number of hydrogen-bond donors (Lipinski definition) is 0. The summed E-state index contributed by atoms with van der Waals surface area (Å²) < 4.78 is 18.4. The molecule has 4 aromatic carbocycles. The van der Waals surface area contributed by atoms with Gasteiger partial charge in [0.15, 0.2) is 21.3 Å². The summed E-state index contributed by atoms with van der Waals surface area (Å²) >= 11 is -1.37. The maximum absolute atomic E-state index is 12.6. The van der Waals surface area contributed by atoms with E-state index in [9.17, 15) is 14.5 Å². The Morgan fingerprint density at radius 1 is 0.700 bits per heavy atom. The van der Waals surface area contributed by atoms with Gasteiger partial charge in [0.2, 0.25) is 0 Å². The van der Waals surface area contributed by atoms with Crippen molar-refractivity contribution in [3.8, 4) is 17.2 Å². The largest absolute Gasteiger partial charge is 0.606 e. The highest BCUT2D eigenvalue weighted by Crippen LogP contribution is 2.27. The van der Waals surface area contributed by atoms with Crippen molar-refractivity contribution in [3.05, 3.63) is 114 Å². The predicted molar refractivity (Wildman–Crippen MR) is 113 cm³/mol. The first kappa shape index (κ1) is 19.8. The Morgan fingerprint density at radius 3 is 1.73 bits per heavy atom. The van der Waals surface area contributed by atoms with Gasteiger partial charge in [-0.15, -0.1) is 0 Å². The second-order valence-corrected chi connectivity index (χ2v) is 7.94. The average molecular weight is 412 g/mol. The highest BCUT2D eigenvalue weighted by molar-refractivity contribution is 7.91. The zero-order chi connectivity index (χ0) is 20.9. The first-order valence-electron chi connectivity index (χ1n) is 9.18. The molecule has 0 saturated carbocycles. The summed E-state index contributed by atoms with van der Waals surface area (Å²) in [4.78, 5) is 13.6. The molecule has 1 atom stereocenters. The third-order valence-corrected chi connectivity index (χ3v) is 5.81. The molecule has 0 heterocycles. The number of rotatable bonds is 6. The Balaban J connectivity index is 1.43. The van der Waals surface area contributed by atoms with E-state index in [2.05, 4.69) is 6.07 Å². The summed E-state index contributed by atoms with van der Waals surface area (Å²) in [6, 6.07) is 29.5. The van der Waals surface area contributed by atoms with Crippen LogP contribution in [0.1, 0.15) is 15.9 Å². The summed E-state index contributed by atoms with van der Waals surface area (Å²) in [6.45, 7) is 0. The van der Waals surface area contributed by atoms with Crippen molar-refractivity contribution in [2.75, 3.05) is 0 Å². The van der Waals surface area contributed by atoms with Crippen molar-refractivity contribution in [1.82, 2.24) is 0 Å². The van der Waals surface area contributed by atoms with Gasteiger partial charge in [0.25, 0.3) is 0 Å². The predicted octanol–water partition coefficient (Wildman–Crippen LogP) is 5.82. The number of carbonyl (C=O) groups excluding carboxylic acids is 1. The summed E-state index contributed by atoms with van der Waals surface area (Å²) in [5.74, 6) is 0.998. The highest BCUT2D eigenvalue weighted by Gasteiger charge is 2.15. The molecule has 2 radical (unpaired) electrons. The van der Waals surface area contributed by atoms with Crippen molar-refractivity contribution >= 4 is 17.0 Å². The SMILES string of the molecule is [O]c1ccc([S+]([O-])c2ccc(Oc3ccc(C(=O)c4cc[c]cc4)cc3)cc2)cc1. The van der Waals surface area contributed by atoms with Crippen molar-refractivity contribution in [2.24, 2.45) is 0 Å². The highest BCUT2D eigenvalue weighted by atomic mass is 32.2. The molecule has 0 fully saturated rings. The monoisotopic (exact) mass is 412 g/mol. The minimum atomic E-state index is -1.37. The Bertz CT molecular complexity index is 1120. The third-order valence-electron chi connectivity index (χ3n) is 4.41. The topological polar surface area (TPSA) is 69.3 Å². The molecule has 0 spiro atoms. The van der Waals surface area contributed by atoms with Gasteiger partial charge in [-0.05, 0) is 78.9 Å². The minimum absolute atomic E-state index is 0.0626. The van der Waals surface area contributed by atoms with E-state index in [1.54, 1.807) is 84.9 Å². The van der Waals surface area contributed by atoms with E-state index in [1.165, 1.54) is 12.1 Å². The quantitative estimate of drug-likeness (QED) is 0.296. The van der Waals surface area contributed by atoms with Gasteiger partial charge in [0.1, 0.15) is 11.5 Å². The lowest BCUT2D eigenvalue weighted by Crippen LogP contribution is -2.01. The van der Waals surface area contributed by atoms with Gasteiger partial charge < -0.3 is 9.29 Å². The minimum Gasteiger partial charge on any atom is -0.606 e. The molecule has 0 aromatic heterocycles. The van der Waals surface area contributed by atoms with Crippen LogP contribution >= 0.6 is 0 Å². The Morgan fingerprint density at radius 2 is 1.17 bits per heavy atom. The number of ether oxygens (including phenoxy) is 1. The lowest BCUT2D eigenvalue weighted by atomic mass is 10.0. The Hall–Kier alpha value is -3.54. The van der Waals surface area contributed by atoms with Gasteiger partial charge in [-0.25, -0.2) is 0 Å². The molecular formula is C25H16O4S. The van der Waals surface area contributed by atoms with Gasteiger partial charge in [0, 0.05) is 22.3 Å². The zero-order valence-corrected chi connectivity index (χ0v) is 16.6.